The average molecular weight is 409 g/mol. The van der Waals surface area contributed by atoms with E-state index in [2.05, 4.69) is 4.98 Å². The van der Waals surface area contributed by atoms with Gasteiger partial charge in [0.25, 0.3) is 11.2 Å². The predicted molar refractivity (Wildman–Crippen MR) is 102 cm³/mol. The maximum absolute atomic E-state index is 13.1. The van der Waals surface area contributed by atoms with E-state index in [1.165, 1.54) is 24.3 Å². The Labute approximate surface area is 168 Å². The van der Waals surface area contributed by atoms with E-state index in [-0.39, 0.29) is 52.2 Å². The van der Waals surface area contributed by atoms with Crippen LogP contribution in [0.1, 0.15) is 36.3 Å². The summed E-state index contributed by atoms with van der Waals surface area (Å²) >= 11 is 0. The van der Waals surface area contributed by atoms with E-state index in [1.807, 2.05) is 0 Å². The quantitative estimate of drug-likeness (QED) is 0.368. The third-order valence-electron chi connectivity index (χ3n) is 5.81. The molecule has 0 saturated carbocycles. The summed E-state index contributed by atoms with van der Waals surface area (Å²) in [6, 6.07) is 7.33. The van der Waals surface area contributed by atoms with Gasteiger partial charge in [-0.25, -0.2) is 9.78 Å². The van der Waals surface area contributed by atoms with Gasteiger partial charge in [-0.2, -0.15) is 0 Å². The van der Waals surface area contributed by atoms with Crippen LogP contribution in [0.5, 0.6) is 0 Å². The van der Waals surface area contributed by atoms with Gasteiger partial charge in [0.1, 0.15) is 6.61 Å². The van der Waals surface area contributed by atoms with E-state index < -0.39 is 28.3 Å². The van der Waals surface area contributed by atoms with Crippen molar-refractivity contribution in [2.45, 2.75) is 31.8 Å². The molecule has 0 bridgehead atoms. The minimum absolute atomic E-state index is 0.00548. The zero-order valence-electron chi connectivity index (χ0n) is 15.7. The van der Waals surface area contributed by atoms with Crippen LogP contribution < -0.4 is 5.56 Å². The highest BCUT2D eigenvalue weighted by atomic mass is 16.6. The van der Waals surface area contributed by atoms with E-state index in [0.717, 1.165) is 4.57 Å². The van der Waals surface area contributed by atoms with Crippen molar-refractivity contribution in [2.75, 3.05) is 0 Å². The van der Waals surface area contributed by atoms with Crippen molar-refractivity contribution in [3.8, 4) is 11.4 Å². The number of carbonyl (C=O) groups excluding carboxylic acids is 1. The predicted octanol–water partition coefficient (Wildman–Crippen LogP) is 1.48. The molecule has 2 unspecified atom stereocenters. The smallest absolute Gasteiger partial charge is 0.343 e. The zero-order valence-corrected chi connectivity index (χ0v) is 15.7. The fourth-order valence-electron chi connectivity index (χ4n) is 4.19. The molecule has 0 spiro atoms. The summed E-state index contributed by atoms with van der Waals surface area (Å²) in [6.07, 6.45) is -1.43. The van der Waals surface area contributed by atoms with E-state index >= 15 is 0 Å². The number of aliphatic hydroxyl groups is 2. The molecule has 3 aromatic rings. The fraction of sp³-hybridized carbons (Fsp3) is 0.250. The van der Waals surface area contributed by atoms with Crippen molar-refractivity contribution in [1.82, 2.24) is 9.55 Å². The van der Waals surface area contributed by atoms with Crippen LogP contribution in [0.2, 0.25) is 0 Å². The minimum atomic E-state index is -1.98. The topological polar surface area (TPSA) is 145 Å². The minimum Gasteiger partial charge on any atom is -0.458 e. The number of nitro benzene ring substituents is 1. The molecule has 4 heterocycles. The van der Waals surface area contributed by atoms with Crippen molar-refractivity contribution in [3.63, 3.8) is 0 Å². The number of hydrogen-bond acceptors (Lipinski definition) is 8. The van der Waals surface area contributed by atoms with Crippen LogP contribution >= 0.6 is 0 Å². The van der Waals surface area contributed by atoms with Crippen molar-refractivity contribution < 1.29 is 24.7 Å². The maximum Gasteiger partial charge on any atom is 0.343 e. The number of aliphatic hydroxyl groups excluding tert-OH is 1. The Bertz CT molecular complexity index is 1350. The van der Waals surface area contributed by atoms with E-state index in [0.29, 0.717) is 5.52 Å². The van der Waals surface area contributed by atoms with E-state index in [4.69, 9.17) is 4.74 Å². The highest BCUT2D eigenvalue weighted by Crippen LogP contribution is 2.42. The standard InChI is InChI=1S/C20H15N3O7/c1-2-20(27)12-7-15-16-10(6-9-13(21-16)4-3-5-14(9)23(28)29)17(24)22(15)18(25)11(12)8-30-19(20)26/h3-7,17,24,27H,2,8H2,1H3. The second-order valence-electron chi connectivity index (χ2n) is 7.29. The molecule has 30 heavy (non-hydrogen) atoms. The van der Waals surface area contributed by atoms with Gasteiger partial charge in [0.2, 0.25) is 0 Å². The fourth-order valence-corrected chi connectivity index (χ4v) is 4.19. The summed E-state index contributed by atoms with van der Waals surface area (Å²) in [5.41, 5.74) is -1.55. The van der Waals surface area contributed by atoms with Crippen molar-refractivity contribution >= 4 is 22.6 Å². The summed E-state index contributed by atoms with van der Waals surface area (Å²) in [5.74, 6) is -0.845. The summed E-state index contributed by atoms with van der Waals surface area (Å²) in [6.45, 7) is 1.27. The Hall–Kier alpha value is -3.63. The van der Waals surface area contributed by atoms with Gasteiger partial charge >= 0.3 is 5.97 Å². The molecule has 0 aliphatic carbocycles. The lowest BCUT2D eigenvalue weighted by atomic mass is 9.86. The van der Waals surface area contributed by atoms with Crippen LogP contribution in [0.25, 0.3) is 22.3 Å². The van der Waals surface area contributed by atoms with Crippen molar-refractivity contribution in [1.29, 1.82) is 0 Å². The summed E-state index contributed by atoms with van der Waals surface area (Å²) < 4.78 is 6.09. The molecule has 0 saturated heterocycles. The lowest BCUT2D eigenvalue weighted by molar-refractivity contribution is -0.383. The van der Waals surface area contributed by atoms with Crippen LogP contribution in [0.3, 0.4) is 0 Å². The molecular formula is C20H15N3O7. The second kappa shape index (κ2) is 5.94. The number of nitrogens with zero attached hydrogens (tertiary/aromatic N) is 3. The number of benzene rings is 1. The summed E-state index contributed by atoms with van der Waals surface area (Å²) in [5, 5.41) is 33.3. The number of ether oxygens (including phenoxy) is 1. The second-order valence-corrected chi connectivity index (χ2v) is 7.29. The number of aromatic nitrogens is 2. The van der Waals surface area contributed by atoms with Crippen LogP contribution in [0.4, 0.5) is 5.69 Å². The number of fused-ring (bicyclic) bond motifs is 5. The van der Waals surface area contributed by atoms with Crippen LogP contribution in [-0.4, -0.2) is 30.7 Å². The molecule has 0 fully saturated rings. The van der Waals surface area contributed by atoms with Gasteiger partial charge in [0.05, 0.1) is 32.8 Å². The number of carbonyl (C=O) groups is 1. The monoisotopic (exact) mass is 409 g/mol. The number of hydrogen-bond donors (Lipinski definition) is 2. The Kier molecular flexibility index (Phi) is 3.64. The number of esters is 1. The van der Waals surface area contributed by atoms with Gasteiger partial charge in [0, 0.05) is 17.2 Å². The highest BCUT2D eigenvalue weighted by molar-refractivity contribution is 5.91. The Morgan fingerprint density at radius 3 is 2.83 bits per heavy atom. The number of rotatable bonds is 2. The van der Waals surface area contributed by atoms with Gasteiger partial charge in [-0.05, 0) is 24.6 Å². The number of cyclic esters (lactones) is 1. The molecular weight excluding hydrogens is 394 g/mol. The first-order valence-electron chi connectivity index (χ1n) is 9.23. The molecule has 10 nitrogen and oxygen atoms in total. The first-order valence-corrected chi connectivity index (χ1v) is 9.23. The number of pyridine rings is 2. The van der Waals surface area contributed by atoms with Gasteiger partial charge < -0.3 is 14.9 Å². The van der Waals surface area contributed by atoms with Crippen molar-refractivity contribution in [3.05, 3.63) is 67.5 Å². The van der Waals surface area contributed by atoms with Crippen LogP contribution in [0, 0.1) is 10.1 Å². The van der Waals surface area contributed by atoms with Gasteiger partial charge in [0.15, 0.2) is 11.8 Å². The Morgan fingerprint density at radius 2 is 2.13 bits per heavy atom. The van der Waals surface area contributed by atoms with E-state index in [1.54, 1.807) is 13.0 Å². The SMILES string of the molecule is CCC1(O)C(=O)OCc2c1cc1n(c2=O)C(O)c2cc3c([N+](=O)[O-])cccc3nc2-1. The van der Waals surface area contributed by atoms with E-state index in [9.17, 15) is 29.9 Å². The van der Waals surface area contributed by atoms with Crippen LogP contribution in [0.15, 0.2) is 35.1 Å². The molecule has 2 aliphatic rings. The third kappa shape index (κ3) is 2.17. The average Bonchev–Trinajstić information content (AvgIpc) is 3.00. The largest absolute Gasteiger partial charge is 0.458 e. The molecule has 0 amide bonds. The molecule has 10 heteroatoms. The molecule has 2 aromatic heterocycles. The Balaban J connectivity index is 1.84. The molecule has 2 aliphatic heterocycles. The summed E-state index contributed by atoms with van der Waals surface area (Å²) in [7, 11) is 0. The highest BCUT2D eigenvalue weighted by Gasteiger charge is 2.46. The van der Waals surface area contributed by atoms with Crippen molar-refractivity contribution in [2.24, 2.45) is 0 Å². The zero-order chi connectivity index (χ0) is 21.4. The maximum atomic E-state index is 13.1. The molecule has 0 radical (unpaired) electrons. The molecule has 1 aromatic carbocycles. The first-order chi connectivity index (χ1) is 14.3. The first kappa shape index (κ1) is 18.4. The number of nitro groups is 1. The summed E-state index contributed by atoms with van der Waals surface area (Å²) in [4.78, 5) is 40.6. The lowest BCUT2D eigenvalue weighted by Crippen LogP contribution is -2.44. The normalized spacial score (nSPS) is 21.7. The molecule has 5 rings (SSSR count). The van der Waals surface area contributed by atoms with Gasteiger partial charge in [-0.15, -0.1) is 0 Å². The molecule has 152 valence electrons. The number of non-ortho nitro benzene ring substituents is 1. The lowest BCUT2D eigenvalue weighted by Gasteiger charge is -2.31. The van der Waals surface area contributed by atoms with Gasteiger partial charge in [-0.3, -0.25) is 19.5 Å². The molecule has 2 atom stereocenters. The third-order valence-corrected chi connectivity index (χ3v) is 5.81. The van der Waals surface area contributed by atoms with Crippen LogP contribution in [-0.2, 0) is 21.7 Å². The van der Waals surface area contributed by atoms with Gasteiger partial charge in [-0.1, -0.05) is 13.0 Å². The Morgan fingerprint density at radius 1 is 1.37 bits per heavy atom. The molecule has 2 N–H and O–H groups in total.